The number of anilines is 1. The summed E-state index contributed by atoms with van der Waals surface area (Å²) in [5.41, 5.74) is 4.00. The lowest BCUT2D eigenvalue weighted by Gasteiger charge is -2.42. The van der Waals surface area contributed by atoms with E-state index in [1.807, 2.05) is 30.3 Å². The van der Waals surface area contributed by atoms with Gasteiger partial charge in [0.2, 0.25) is 5.91 Å². The van der Waals surface area contributed by atoms with Crippen LogP contribution < -0.4 is 4.90 Å². The first-order valence-corrected chi connectivity index (χ1v) is 9.35. The number of nitrogens with zero attached hydrogens (tertiary/aromatic N) is 1. The molecule has 2 aliphatic heterocycles. The van der Waals surface area contributed by atoms with Crippen molar-refractivity contribution in [3.05, 3.63) is 64.2 Å². The van der Waals surface area contributed by atoms with E-state index in [9.17, 15) is 9.59 Å². The van der Waals surface area contributed by atoms with Gasteiger partial charge in [0.1, 0.15) is 5.92 Å². The van der Waals surface area contributed by atoms with Crippen molar-refractivity contribution in [2.75, 3.05) is 18.1 Å². The van der Waals surface area contributed by atoms with Crippen LogP contribution in [0.25, 0.3) is 0 Å². The van der Waals surface area contributed by atoms with Gasteiger partial charge in [-0.05, 0) is 48.6 Å². The van der Waals surface area contributed by atoms with E-state index in [0.717, 1.165) is 35.2 Å². The highest BCUT2D eigenvalue weighted by atomic mass is 35.5. The van der Waals surface area contributed by atoms with Gasteiger partial charge >= 0.3 is 5.97 Å². The fourth-order valence-electron chi connectivity index (χ4n) is 4.18. The molecule has 1 amide bonds. The minimum atomic E-state index is -0.880. The molecule has 0 saturated carbocycles. The van der Waals surface area contributed by atoms with Crippen molar-refractivity contribution in [1.29, 1.82) is 0 Å². The molecule has 2 unspecified atom stereocenters. The number of rotatable bonds is 3. The summed E-state index contributed by atoms with van der Waals surface area (Å²) in [5, 5.41) is 0.588. The van der Waals surface area contributed by atoms with Crippen molar-refractivity contribution >= 4 is 29.2 Å². The van der Waals surface area contributed by atoms with Gasteiger partial charge < -0.3 is 9.64 Å². The third-order valence-corrected chi connectivity index (χ3v) is 5.43. The topological polar surface area (TPSA) is 46.6 Å². The first kappa shape index (κ1) is 17.1. The molecule has 2 atom stereocenters. The Labute approximate surface area is 157 Å². The Morgan fingerprint density at radius 2 is 2.08 bits per heavy atom. The molecule has 0 aromatic heterocycles. The number of aryl methyl sites for hydroxylation is 1. The normalized spacial score (nSPS) is 21.3. The van der Waals surface area contributed by atoms with Crippen molar-refractivity contribution in [3.8, 4) is 0 Å². The Bertz CT molecular complexity index is 879. The highest BCUT2D eigenvalue weighted by Crippen LogP contribution is 2.47. The molecule has 0 saturated heterocycles. The summed E-state index contributed by atoms with van der Waals surface area (Å²) >= 11 is 6.20. The summed E-state index contributed by atoms with van der Waals surface area (Å²) in [5.74, 6) is -1.91. The molecule has 0 bridgehead atoms. The zero-order valence-corrected chi connectivity index (χ0v) is 15.3. The molecule has 0 spiro atoms. The second kappa shape index (κ2) is 6.76. The van der Waals surface area contributed by atoms with E-state index in [1.165, 1.54) is 0 Å². The molecule has 4 nitrogen and oxygen atoms in total. The minimum absolute atomic E-state index is 0.173. The van der Waals surface area contributed by atoms with Gasteiger partial charge in [0.25, 0.3) is 0 Å². The monoisotopic (exact) mass is 369 g/mol. The molecule has 0 N–H and O–H groups in total. The number of para-hydroxylation sites is 1. The van der Waals surface area contributed by atoms with E-state index in [0.29, 0.717) is 11.6 Å². The number of amides is 1. The standard InChI is InChI=1S/C21H20ClNO3/c1-2-26-21(25)18-17(14-7-3-9-15(22)12-14)16-10-4-6-13-8-5-11-23(19(13)16)20(18)24/h3-4,6-7,9-10,12,17-18H,2,5,8,11H2,1H3. The lowest BCUT2D eigenvalue weighted by Crippen LogP contribution is -2.49. The first-order valence-electron chi connectivity index (χ1n) is 8.97. The van der Waals surface area contributed by atoms with E-state index in [1.54, 1.807) is 17.9 Å². The molecule has 134 valence electrons. The second-order valence-corrected chi connectivity index (χ2v) is 7.15. The second-order valence-electron chi connectivity index (χ2n) is 6.71. The molecule has 4 rings (SSSR count). The van der Waals surface area contributed by atoms with Crippen LogP contribution >= 0.6 is 11.6 Å². The fourth-order valence-corrected chi connectivity index (χ4v) is 4.38. The SMILES string of the molecule is CCOC(=O)C1C(=O)N2CCCc3cccc(c32)C1c1cccc(Cl)c1. The number of benzene rings is 2. The lowest BCUT2D eigenvalue weighted by atomic mass is 9.74. The smallest absolute Gasteiger partial charge is 0.319 e. The zero-order chi connectivity index (χ0) is 18.3. The summed E-state index contributed by atoms with van der Waals surface area (Å²) in [6.45, 7) is 2.64. The number of hydrogen-bond acceptors (Lipinski definition) is 3. The van der Waals surface area contributed by atoms with Crippen LogP contribution in [0.4, 0.5) is 5.69 Å². The Morgan fingerprint density at radius 3 is 2.85 bits per heavy atom. The minimum Gasteiger partial charge on any atom is -0.465 e. The molecule has 5 heteroatoms. The Balaban J connectivity index is 1.94. The average molecular weight is 370 g/mol. The van der Waals surface area contributed by atoms with E-state index in [2.05, 4.69) is 6.07 Å². The van der Waals surface area contributed by atoms with E-state index >= 15 is 0 Å². The first-order chi connectivity index (χ1) is 12.6. The summed E-state index contributed by atoms with van der Waals surface area (Å²) < 4.78 is 5.27. The van der Waals surface area contributed by atoms with Gasteiger partial charge in [0.05, 0.1) is 12.3 Å². The number of carbonyl (C=O) groups is 2. The van der Waals surface area contributed by atoms with Gasteiger partial charge in [-0.15, -0.1) is 0 Å². The number of esters is 1. The molecule has 0 fully saturated rings. The van der Waals surface area contributed by atoms with E-state index in [-0.39, 0.29) is 18.4 Å². The van der Waals surface area contributed by atoms with Crippen molar-refractivity contribution in [1.82, 2.24) is 0 Å². The molecule has 2 aliphatic rings. The number of halogens is 1. The van der Waals surface area contributed by atoms with Crippen LogP contribution in [0.5, 0.6) is 0 Å². The van der Waals surface area contributed by atoms with Crippen LogP contribution in [0.1, 0.15) is 36.0 Å². The number of ether oxygens (including phenoxy) is 1. The average Bonchev–Trinajstić information content (AvgIpc) is 2.64. The summed E-state index contributed by atoms with van der Waals surface area (Å²) in [4.78, 5) is 27.8. The highest BCUT2D eigenvalue weighted by molar-refractivity contribution is 6.30. The molecule has 0 radical (unpaired) electrons. The van der Waals surface area contributed by atoms with Crippen LogP contribution in [0.3, 0.4) is 0 Å². The maximum Gasteiger partial charge on any atom is 0.319 e. The third-order valence-electron chi connectivity index (χ3n) is 5.20. The number of hydrogen-bond donors (Lipinski definition) is 0. The van der Waals surface area contributed by atoms with Crippen LogP contribution in [0.15, 0.2) is 42.5 Å². The maximum atomic E-state index is 13.3. The largest absolute Gasteiger partial charge is 0.465 e. The molecule has 2 heterocycles. The third kappa shape index (κ3) is 2.69. The molecular weight excluding hydrogens is 350 g/mol. The highest BCUT2D eigenvalue weighted by Gasteiger charge is 2.47. The van der Waals surface area contributed by atoms with Crippen LogP contribution in [-0.2, 0) is 20.7 Å². The predicted molar refractivity (Wildman–Crippen MR) is 101 cm³/mol. The molecule has 2 aromatic rings. The maximum absolute atomic E-state index is 13.3. The van der Waals surface area contributed by atoms with Crippen LogP contribution in [0.2, 0.25) is 5.02 Å². The molecule has 0 aliphatic carbocycles. The summed E-state index contributed by atoms with van der Waals surface area (Å²) in [6.07, 6.45) is 1.85. The van der Waals surface area contributed by atoms with Crippen LogP contribution in [0, 0.1) is 5.92 Å². The quantitative estimate of drug-likeness (QED) is 0.608. The Morgan fingerprint density at radius 1 is 1.27 bits per heavy atom. The predicted octanol–water partition coefficient (Wildman–Crippen LogP) is 3.94. The molecule has 26 heavy (non-hydrogen) atoms. The van der Waals surface area contributed by atoms with Crippen molar-refractivity contribution in [2.24, 2.45) is 5.92 Å². The van der Waals surface area contributed by atoms with Gasteiger partial charge in [0.15, 0.2) is 0 Å². The van der Waals surface area contributed by atoms with Crippen LogP contribution in [-0.4, -0.2) is 25.0 Å². The Kier molecular flexibility index (Phi) is 4.45. The van der Waals surface area contributed by atoms with Gasteiger partial charge in [-0.25, -0.2) is 0 Å². The van der Waals surface area contributed by atoms with E-state index in [4.69, 9.17) is 16.3 Å². The fraction of sp³-hybridized carbons (Fsp3) is 0.333. The van der Waals surface area contributed by atoms with Crippen molar-refractivity contribution in [3.63, 3.8) is 0 Å². The van der Waals surface area contributed by atoms with Crippen molar-refractivity contribution < 1.29 is 14.3 Å². The van der Waals surface area contributed by atoms with Gasteiger partial charge in [-0.3, -0.25) is 9.59 Å². The summed E-state index contributed by atoms with van der Waals surface area (Å²) in [6, 6.07) is 13.5. The van der Waals surface area contributed by atoms with E-state index < -0.39 is 11.9 Å². The molecular formula is C21H20ClNO3. The van der Waals surface area contributed by atoms with Gasteiger partial charge in [-0.2, -0.15) is 0 Å². The van der Waals surface area contributed by atoms with Gasteiger partial charge in [-0.1, -0.05) is 41.9 Å². The lowest BCUT2D eigenvalue weighted by molar-refractivity contribution is -0.152. The molecule has 2 aromatic carbocycles. The summed E-state index contributed by atoms with van der Waals surface area (Å²) in [7, 11) is 0. The Hall–Kier alpha value is -2.33. The van der Waals surface area contributed by atoms with Gasteiger partial charge in [0, 0.05) is 17.5 Å². The number of carbonyl (C=O) groups excluding carboxylic acids is 2. The zero-order valence-electron chi connectivity index (χ0n) is 14.6. The van der Waals surface area contributed by atoms with Crippen molar-refractivity contribution in [2.45, 2.75) is 25.7 Å².